The lowest BCUT2D eigenvalue weighted by Crippen LogP contribution is -2.54. The van der Waals surface area contributed by atoms with Crippen LogP contribution in [0.25, 0.3) is 17.4 Å². The SMILES string of the molecule is Cc1ccc(N2C(=O)C(=Cc3ccc(-c4cccc(Cl)c4Cl)o3)C(=O)NC2=S)c(C)c1. The van der Waals surface area contributed by atoms with E-state index in [1.165, 1.54) is 11.0 Å². The standard InChI is InChI=1S/C23H16Cl2N2O3S/c1-12-6-8-18(13(2)10-12)27-22(29)16(21(28)26-23(27)31)11-14-7-9-19(30-14)15-4-3-5-17(24)20(15)25/h3-11H,1-2H3,(H,26,28,31). The smallest absolute Gasteiger partial charge is 0.270 e. The molecule has 0 spiro atoms. The molecule has 2 heterocycles. The molecule has 0 aliphatic carbocycles. The van der Waals surface area contributed by atoms with Crippen LogP contribution in [0.3, 0.4) is 0 Å². The summed E-state index contributed by atoms with van der Waals surface area (Å²) in [5.41, 5.74) is 3.04. The molecule has 1 fully saturated rings. The number of nitrogens with zero attached hydrogens (tertiary/aromatic N) is 1. The normalized spacial score (nSPS) is 15.5. The van der Waals surface area contributed by atoms with Gasteiger partial charge in [0, 0.05) is 5.56 Å². The molecule has 4 rings (SSSR count). The second-order valence-corrected chi connectivity index (χ2v) is 8.22. The molecule has 0 radical (unpaired) electrons. The Labute approximate surface area is 194 Å². The van der Waals surface area contributed by atoms with Crippen LogP contribution in [0.1, 0.15) is 16.9 Å². The Balaban J connectivity index is 1.71. The van der Waals surface area contributed by atoms with Crippen molar-refractivity contribution in [2.45, 2.75) is 13.8 Å². The number of furan rings is 1. The monoisotopic (exact) mass is 470 g/mol. The summed E-state index contributed by atoms with van der Waals surface area (Å²) in [7, 11) is 0. The van der Waals surface area contributed by atoms with Crippen molar-refractivity contribution in [2.24, 2.45) is 0 Å². The van der Waals surface area contributed by atoms with E-state index in [9.17, 15) is 9.59 Å². The second kappa shape index (κ2) is 8.30. The zero-order chi connectivity index (χ0) is 22.3. The van der Waals surface area contributed by atoms with Crippen LogP contribution < -0.4 is 10.2 Å². The van der Waals surface area contributed by atoms with E-state index >= 15 is 0 Å². The van der Waals surface area contributed by atoms with E-state index in [2.05, 4.69) is 5.32 Å². The van der Waals surface area contributed by atoms with Crippen molar-refractivity contribution in [3.8, 4) is 11.3 Å². The summed E-state index contributed by atoms with van der Waals surface area (Å²) in [6, 6.07) is 14.2. The largest absolute Gasteiger partial charge is 0.457 e. The molecule has 1 aliphatic heterocycles. The van der Waals surface area contributed by atoms with Crippen molar-refractivity contribution < 1.29 is 14.0 Å². The molecule has 1 N–H and O–H groups in total. The van der Waals surface area contributed by atoms with Crippen molar-refractivity contribution in [3.63, 3.8) is 0 Å². The molecule has 0 atom stereocenters. The number of rotatable bonds is 3. The first kappa shape index (κ1) is 21.3. The number of thiocarbonyl (C=S) groups is 1. The molecule has 0 bridgehead atoms. The number of benzene rings is 2. The number of hydrogen-bond donors (Lipinski definition) is 1. The van der Waals surface area contributed by atoms with Gasteiger partial charge in [0.05, 0.1) is 15.7 Å². The van der Waals surface area contributed by atoms with Crippen molar-refractivity contribution >= 4 is 64.1 Å². The van der Waals surface area contributed by atoms with Crippen LogP contribution in [0.5, 0.6) is 0 Å². The van der Waals surface area contributed by atoms with Gasteiger partial charge in [0.1, 0.15) is 17.1 Å². The van der Waals surface area contributed by atoms with E-state index in [0.29, 0.717) is 32.8 Å². The lowest BCUT2D eigenvalue weighted by atomic mass is 10.1. The fraction of sp³-hybridized carbons (Fsp3) is 0.0870. The number of nitrogens with one attached hydrogen (secondary N) is 1. The number of carbonyl (C=O) groups is 2. The molecule has 2 aromatic carbocycles. The summed E-state index contributed by atoms with van der Waals surface area (Å²) < 4.78 is 5.81. The summed E-state index contributed by atoms with van der Waals surface area (Å²) >= 11 is 17.6. The number of hydrogen-bond acceptors (Lipinski definition) is 4. The van der Waals surface area contributed by atoms with E-state index in [0.717, 1.165) is 11.1 Å². The number of aryl methyl sites for hydroxylation is 2. The Morgan fingerprint density at radius 2 is 1.84 bits per heavy atom. The Morgan fingerprint density at radius 1 is 1.06 bits per heavy atom. The minimum absolute atomic E-state index is 0.0324. The van der Waals surface area contributed by atoms with E-state index in [1.807, 2.05) is 26.0 Å². The number of carbonyl (C=O) groups excluding carboxylic acids is 2. The third-order valence-corrected chi connectivity index (χ3v) is 5.93. The molecule has 156 valence electrons. The summed E-state index contributed by atoms with van der Waals surface area (Å²) in [6.07, 6.45) is 1.39. The second-order valence-electron chi connectivity index (χ2n) is 7.05. The van der Waals surface area contributed by atoms with Gasteiger partial charge in [-0.15, -0.1) is 0 Å². The molecule has 2 amide bonds. The minimum Gasteiger partial charge on any atom is -0.457 e. The molecule has 5 nitrogen and oxygen atoms in total. The van der Waals surface area contributed by atoms with Gasteiger partial charge in [-0.1, -0.05) is 47.0 Å². The number of halogens is 2. The fourth-order valence-electron chi connectivity index (χ4n) is 3.34. The van der Waals surface area contributed by atoms with Crippen molar-refractivity contribution in [2.75, 3.05) is 4.90 Å². The Hall–Kier alpha value is -2.93. The predicted octanol–water partition coefficient (Wildman–Crippen LogP) is 5.70. The predicted molar refractivity (Wildman–Crippen MR) is 126 cm³/mol. The molecular weight excluding hydrogens is 455 g/mol. The van der Waals surface area contributed by atoms with Gasteiger partial charge in [0.15, 0.2) is 5.11 Å². The van der Waals surface area contributed by atoms with Crippen LogP contribution in [0.15, 0.2) is 58.5 Å². The van der Waals surface area contributed by atoms with Crippen LogP contribution in [-0.2, 0) is 9.59 Å². The van der Waals surface area contributed by atoms with E-state index in [4.69, 9.17) is 39.8 Å². The zero-order valence-electron chi connectivity index (χ0n) is 16.5. The fourth-order valence-corrected chi connectivity index (χ4v) is 4.01. The van der Waals surface area contributed by atoms with Gasteiger partial charge in [-0.05, 0) is 68.0 Å². The van der Waals surface area contributed by atoms with Gasteiger partial charge >= 0.3 is 0 Å². The molecule has 1 saturated heterocycles. The van der Waals surface area contributed by atoms with Gasteiger partial charge in [-0.2, -0.15) is 0 Å². The van der Waals surface area contributed by atoms with E-state index in [1.54, 1.807) is 36.4 Å². The maximum atomic E-state index is 13.2. The van der Waals surface area contributed by atoms with E-state index < -0.39 is 11.8 Å². The molecule has 0 unspecified atom stereocenters. The molecular formula is C23H16Cl2N2O3S. The highest BCUT2D eigenvalue weighted by Crippen LogP contribution is 2.35. The third-order valence-electron chi connectivity index (χ3n) is 4.83. The summed E-state index contributed by atoms with van der Waals surface area (Å²) in [4.78, 5) is 27.0. The highest BCUT2D eigenvalue weighted by atomic mass is 35.5. The highest BCUT2D eigenvalue weighted by molar-refractivity contribution is 7.80. The Kier molecular flexibility index (Phi) is 5.71. The van der Waals surface area contributed by atoms with Gasteiger partial charge in [-0.3, -0.25) is 19.8 Å². The van der Waals surface area contributed by atoms with Gasteiger partial charge in [0.25, 0.3) is 11.8 Å². The first-order chi connectivity index (χ1) is 14.8. The Morgan fingerprint density at radius 3 is 2.58 bits per heavy atom. The first-order valence-electron chi connectivity index (χ1n) is 9.29. The van der Waals surface area contributed by atoms with Crippen molar-refractivity contribution in [1.29, 1.82) is 0 Å². The average molecular weight is 471 g/mol. The minimum atomic E-state index is -0.588. The molecule has 8 heteroatoms. The average Bonchev–Trinajstić information content (AvgIpc) is 3.17. The molecule has 31 heavy (non-hydrogen) atoms. The number of anilines is 1. The zero-order valence-corrected chi connectivity index (χ0v) is 18.9. The van der Waals surface area contributed by atoms with Crippen LogP contribution in [-0.4, -0.2) is 16.9 Å². The Bertz CT molecular complexity index is 1280. The van der Waals surface area contributed by atoms with E-state index in [-0.39, 0.29) is 10.7 Å². The van der Waals surface area contributed by atoms with Crippen molar-refractivity contribution in [1.82, 2.24) is 5.32 Å². The van der Waals surface area contributed by atoms with Crippen LogP contribution in [0, 0.1) is 13.8 Å². The maximum absolute atomic E-state index is 13.2. The topological polar surface area (TPSA) is 62.6 Å². The van der Waals surface area contributed by atoms with Crippen LogP contribution in [0.2, 0.25) is 10.0 Å². The van der Waals surface area contributed by atoms with Crippen LogP contribution >= 0.6 is 35.4 Å². The van der Waals surface area contributed by atoms with Gasteiger partial charge in [-0.25, -0.2) is 0 Å². The van der Waals surface area contributed by atoms with Gasteiger partial charge < -0.3 is 4.42 Å². The summed E-state index contributed by atoms with van der Waals surface area (Å²) in [6.45, 7) is 3.84. The lowest BCUT2D eigenvalue weighted by molar-refractivity contribution is -0.122. The third kappa shape index (κ3) is 4.02. The first-order valence-corrected chi connectivity index (χ1v) is 10.5. The molecule has 3 aromatic rings. The molecule has 1 aromatic heterocycles. The quantitative estimate of drug-likeness (QED) is 0.302. The maximum Gasteiger partial charge on any atom is 0.270 e. The highest BCUT2D eigenvalue weighted by Gasteiger charge is 2.35. The molecule has 1 aliphatic rings. The summed E-state index contributed by atoms with van der Waals surface area (Å²) in [5.74, 6) is -0.336. The summed E-state index contributed by atoms with van der Waals surface area (Å²) in [5, 5.41) is 3.36. The van der Waals surface area contributed by atoms with Gasteiger partial charge in [0.2, 0.25) is 0 Å². The molecule has 0 saturated carbocycles. The number of amides is 2. The van der Waals surface area contributed by atoms with Crippen molar-refractivity contribution in [3.05, 3.63) is 81.0 Å². The lowest BCUT2D eigenvalue weighted by Gasteiger charge is -2.30. The van der Waals surface area contributed by atoms with Crippen LogP contribution in [0.4, 0.5) is 5.69 Å².